The molecule has 0 radical (unpaired) electrons. The van der Waals surface area contributed by atoms with Gasteiger partial charge in [0, 0.05) is 37.3 Å². The Morgan fingerprint density at radius 3 is 2.55 bits per heavy atom. The first-order valence-electron chi connectivity index (χ1n) is 11.2. The zero-order valence-corrected chi connectivity index (χ0v) is 19.2. The van der Waals surface area contributed by atoms with Gasteiger partial charge in [0.2, 0.25) is 0 Å². The molecule has 0 unspecified atom stereocenters. The molecule has 1 aromatic carbocycles. The molecule has 0 amide bonds. The van der Waals surface area contributed by atoms with Crippen molar-refractivity contribution in [2.24, 2.45) is 0 Å². The monoisotopic (exact) mass is 423 g/mol. The van der Waals surface area contributed by atoms with Gasteiger partial charge in [0.1, 0.15) is 6.04 Å². The van der Waals surface area contributed by atoms with Gasteiger partial charge in [-0.1, -0.05) is 18.6 Å². The van der Waals surface area contributed by atoms with Crippen molar-refractivity contribution >= 4 is 10.9 Å². The molecular formula is C23H33N7O. The summed E-state index contributed by atoms with van der Waals surface area (Å²) in [5, 5.41) is 13.7. The summed E-state index contributed by atoms with van der Waals surface area (Å²) in [6, 6.07) is 7.81. The van der Waals surface area contributed by atoms with E-state index in [-0.39, 0.29) is 17.1 Å². The van der Waals surface area contributed by atoms with Gasteiger partial charge in [-0.3, -0.25) is 9.69 Å². The van der Waals surface area contributed by atoms with Crippen LogP contribution in [-0.4, -0.2) is 67.7 Å². The van der Waals surface area contributed by atoms with Crippen LogP contribution in [0.5, 0.6) is 0 Å². The van der Waals surface area contributed by atoms with Crippen molar-refractivity contribution in [2.45, 2.75) is 52.6 Å². The van der Waals surface area contributed by atoms with Crippen molar-refractivity contribution in [3.05, 3.63) is 51.6 Å². The van der Waals surface area contributed by atoms with Crippen LogP contribution in [0.3, 0.4) is 0 Å². The molecule has 1 aliphatic heterocycles. The molecule has 4 rings (SSSR count). The number of rotatable bonds is 5. The highest BCUT2D eigenvalue weighted by Crippen LogP contribution is 2.30. The Kier molecular flexibility index (Phi) is 5.94. The van der Waals surface area contributed by atoms with Crippen molar-refractivity contribution < 1.29 is 0 Å². The summed E-state index contributed by atoms with van der Waals surface area (Å²) in [6.45, 7) is 15.3. The number of aromatic nitrogens is 5. The molecule has 0 saturated carbocycles. The lowest BCUT2D eigenvalue weighted by Gasteiger charge is -2.39. The lowest BCUT2D eigenvalue weighted by molar-refractivity contribution is 0.102. The Hall–Kier alpha value is -2.58. The molecule has 1 N–H and O–H groups in total. The van der Waals surface area contributed by atoms with E-state index in [9.17, 15) is 4.79 Å². The highest BCUT2D eigenvalue weighted by Gasteiger charge is 2.34. The SMILES string of the molecule is CCCN1CCN([C@H](c2cc3cc(C)ccc3[nH]c2=O)c2nnnn2C(C)(C)C)CC1. The zero-order valence-electron chi connectivity index (χ0n) is 19.2. The third-order valence-electron chi connectivity index (χ3n) is 6.01. The van der Waals surface area contributed by atoms with E-state index in [1.54, 1.807) is 0 Å². The summed E-state index contributed by atoms with van der Waals surface area (Å²) in [5.74, 6) is 0.717. The summed E-state index contributed by atoms with van der Waals surface area (Å²) in [6.07, 6.45) is 1.15. The summed E-state index contributed by atoms with van der Waals surface area (Å²) in [7, 11) is 0. The molecule has 3 heterocycles. The lowest BCUT2D eigenvalue weighted by atomic mass is 10.0. The number of hydrogen-bond acceptors (Lipinski definition) is 6. The molecule has 1 aliphatic rings. The van der Waals surface area contributed by atoms with Crippen LogP contribution >= 0.6 is 0 Å². The van der Waals surface area contributed by atoms with Crippen LogP contribution in [0.1, 0.15) is 57.1 Å². The number of benzene rings is 1. The molecule has 166 valence electrons. The fourth-order valence-corrected chi connectivity index (χ4v) is 4.45. The highest BCUT2D eigenvalue weighted by molar-refractivity contribution is 5.79. The molecule has 8 nitrogen and oxygen atoms in total. The number of nitrogens with zero attached hydrogens (tertiary/aromatic N) is 6. The van der Waals surface area contributed by atoms with E-state index < -0.39 is 0 Å². The fourth-order valence-electron chi connectivity index (χ4n) is 4.45. The smallest absolute Gasteiger partial charge is 0.253 e. The standard InChI is InChI=1S/C23H33N7O/c1-6-9-28-10-12-29(13-11-28)20(21-25-26-27-30(21)23(3,4)5)18-15-17-14-16(2)7-8-19(17)24-22(18)31/h7-8,14-15,20H,6,9-13H2,1-5H3,(H,24,31)/t20-/m1/s1. The maximum Gasteiger partial charge on any atom is 0.253 e. The molecule has 1 fully saturated rings. The number of aryl methyl sites for hydroxylation is 1. The van der Waals surface area contributed by atoms with Crippen LogP contribution in [0.4, 0.5) is 0 Å². The molecule has 1 atom stereocenters. The van der Waals surface area contributed by atoms with Crippen LogP contribution in [0.2, 0.25) is 0 Å². The van der Waals surface area contributed by atoms with Crippen molar-refractivity contribution in [3.63, 3.8) is 0 Å². The molecule has 0 bridgehead atoms. The molecule has 1 saturated heterocycles. The highest BCUT2D eigenvalue weighted by atomic mass is 16.1. The minimum Gasteiger partial charge on any atom is -0.322 e. The average Bonchev–Trinajstić information content (AvgIpc) is 3.20. The topological polar surface area (TPSA) is 82.9 Å². The van der Waals surface area contributed by atoms with Gasteiger partial charge < -0.3 is 9.88 Å². The van der Waals surface area contributed by atoms with E-state index >= 15 is 0 Å². The Morgan fingerprint density at radius 1 is 1.13 bits per heavy atom. The van der Waals surface area contributed by atoms with E-state index in [1.165, 1.54) is 0 Å². The van der Waals surface area contributed by atoms with Crippen molar-refractivity contribution in [1.82, 2.24) is 35.0 Å². The van der Waals surface area contributed by atoms with Gasteiger partial charge in [0.05, 0.1) is 5.54 Å². The van der Waals surface area contributed by atoms with Gasteiger partial charge >= 0.3 is 0 Å². The molecule has 0 aliphatic carbocycles. The second kappa shape index (κ2) is 8.51. The summed E-state index contributed by atoms with van der Waals surface area (Å²) >= 11 is 0. The van der Waals surface area contributed by atoms with Crippen molar-refractivity contribution in [2.75, 3.05) is 32.7 Å². The van der Waals surface area contributed by atoms with E-state index in [1.807, 2.05) is 22.9 Å². The van der Waals surface area contributed by atoms with Gasteiger partial charge in [-0.2, -0.15) is 0 Å². The maximum absolute atomic E-state index is 13.3. The first-order valence-corrected chi connectivity index (χ1v) is 11.2. The van der Waals surface area contributed by atoms with E-state index in [2.05, 4.69) is 71.0 Å². The summed E-state index contributed by atoms with van der Waals surface area (Å²) in [4.78, 5) is 21.2. The predicted octanol–water partition coefficient (Wildman–Crippen LogP) is 2.70. The van der Waals surface area contributed by atoms with Crippen LogP contribution in [0, 0.1) is 6.92 Å². The number of pyridine rings is 1. The first-order chi connectivity index (χ1) is 14.8. The van der Waals surface area contributed by atoms with Gasteiger partial charge in [-0.25, -0.2) is 4.68 Å². The predicted molar refractivity (Wildman–Crippen MR) is 122 cm³/mol. The summed E-state index contributed by atoms with van der Waals surface area (Å²) < 4.78 is 1.86. The van der Waals surface area contributed by atoms with Gasteiger partial charge in [-0.15, -0.1) is 5.10 Å². The molecule has 8 heteroatoms. The largest absolute Gasteiger partial charge is 0.322 e. The number of hydrogen-bond donors (Lipinski definition) is 1. The first kappa shape index (κ1) is 21.6. The van der Waals surface area contributed by atoms with Crippen molar-refractivity contribution in [3.8, 4) is 0 Å². The lowest BCUT2D eigenvalue weighted by Crippen LogP contribution is -2.49. The molecule has 3 aromatic rings. The van der Waals surface area contributed by atoms with Crippen LogP contribution in [0.15, 0.2) is 29.1 Å². The molecule has 0 spiro atoms. The second-order valence-electron chi connectivity index (χ2n) is 9.54. The minimum absolute atomic E-state index is 0.0826. The number of tetrazole rings is 1. The van der Waals surface area contributed by atoms with Crippen LogP contribution in [-0.2, 0) is 5.54 Å². The van der Waals surface area contributed by atoms with Gasteiger partial charge in [-0.05, 0) is 74.7 Å². The zero-order chi connectivity index (χ0) is 22.2. The summed E-state index contributed by atoms with van der Waals surface area (Å²) in [5.41, 5.74) is 2.33. The fraction of sp³-hybridized carbons (Fsp3) is 0.565. The number of aromatic amines is 1. The minimum atomic E-state index is -0.299. The van der Waals surface area contributed by atoms with E-state index in [4.69, 9.17) is 0 Å². The Balaban J connectivity index is 1.82. The average molecular weight is 424 g/mol. The number of piperazine rings is 1. The Morgan fingerprint density at radius 2 is 1.87 bits per heavy atom. The number of H-pyrrole nitrogens is 1. The Labute approximate surface area is 183 Å². The van der Waals surface area contributed by atoms with Gasteiger partial charge in [0.25, 0.3) is 5.56 Å². The normalized spacial score (nSPS) is 17.3. The third kappa shape index (κ3) is 4.41. The van der Waals surface area contributed by atoms with Crippen LogP contribution in [0.25, 0.3) is 10.9 Å². The maximum atomic E-state index is 13.3. The van der Waals surface area contributed by atoms with E-state index in [0.717, 1.165) is 55.6 Å². The number of nitrogens with one attached hydrogen (secondary N) is 1. The van der Waals surface area contributed by atoms with Gasteiger partial charge in [0.15, 0.2) is 5.82 Å². The van der Waals surface area contributed by atoms with Crippen molar-refractivity contribution in [1.29, 1.82) is 0 Å². The molecular weight excluding hydrogens is 390 g/mol. The second-order valence-corrected chi connectivity index (χ2v) is 9.54. The number of fused-ring (bicyclic) bond motifs is 1. The quantitative estimate of drug-likeness (QED) is 0.679. The third-order valence-corrected chi connectivity index (χ3v) is 6.01. The van der Waals surface area contributed by atoms with E-state index in [0.29, 0.717) is 11.4 Å². The molecule has 2 aromatic heterocycles. The molecule has 31 heavy (non-hydrogen) atoms. The Bertz CT molecular complexity index is 1100. The van der Waals surface area contributed by atoms with Crippen LogP contribution < -0.4 is 5.56 Å².